The Labute approximate surface area is 197 Å². The molecule has 10 heteroatoms. The lowest BCUT2D eigenvalue weighted by molar-refractivity contribution is -0.136. The molecule has 1 atom stereocenters. The number of rotatable bonds is 6. The lowest BCUT2D eigenvalue weighted by Gasteiger charge is -2.19. The van der Waals surface area contributed by atoms with Gasteiger partial charge in [0, 0.05) is 12.0 Å². The van der Waals surface area contributed by atoms with Crippen LogP contribution in [-0.4, -0.2) is 34.2 Å². The minimum absolute atomic E-state index is 0.274. The average molecular weight is 479 g/mol. The summed E-state index contributed by atoms with van der Waals surface area (Å²) in [6.45, 7) is 1.17. The summed E-state index contributed by atoms with van der Waals surface area (Å²) in [5.74, 6) is -0.412. The van der Waals surface area contributed by atoms with E-state index in [9.17, 15) is 14.0 Å². The summed E-state index contributed by atoms with van der Waals surface area (Å²) in [5.41, 5.74) is 1.74. The van der Waals surface area contributed by atoms with E-state index in [-0.39, 0.29) is 10.7 Å². The Kier molecular flexibility index (Phi) is 5.81. The third kappa shape index (κ3) is 4.27. The molecular formula is C24H18FN3O5S. The number of carbonyl (C=O) groups excluding carboxylic acids is 2. The van der Waals surface area contributed by atoms with Crippen molar-refractivity contribution in [2.24, 2.45) is 5.10 Å². The van der Waals surface area contributed by atoms with Gasteiger partial charge in [0.15, 0.2) is 6.61 Å². The van der Waals surface area contributed by atoms with Crippen molar-refractivity contribution in [2.45, 2.75) is 19.4 Å². The molecule has 1 amide bonds. The first-order valence-electron chi connectivity index (χ1n) is 10.4. The number of nitrogens with zero attached hydrogens (tertiary/aromatic N) is 3. The SMILES string of the molecule is Cc1nc(-c2ccc(F)cc2)sc1C(=O)OCC(=O)N1N=C(c2ccco2)CC1c1ccco1. The number of aryl methyl sites for hydroxylation is 1. The van der Waals surface area contributed by atoms with Crippen molar-refractivity contribution in [1.29, 1.82) is 0 Å². The van der Waals surface area contributed by atoms with Gasteiger partial charge in [0.1, 0.15) is 39.0 Å². The van der Waals surface area contributed by atoms with Crippen LogP contribution in [0.2, 0.25) is 0 Å². The monoisotopic (exact) mass is 479 g/mol. The zero-order chi connectivity index (χ0) is 23.7. The highest BCUT2D eigenvalue weighted by Gasteiger charge is 2.36. The Balaban J connectivity index is 1.30. The van der Waals surface area contributed by atoms with Gasteiger partial charge in [-0.2, -0.15) is 5.10 Å². The summed E-state index contributed by atoms with van der Waals surface area (Å²) >= 11 is 1.12. The largest absolute Gasteiger partial charge is 0.467 e. The summed E-state index contributed by atoms with van der Waals surface area (Å²) in [7, 11) is 0. The van der Waals surface area contributed by atoms with Crippen LogP contribution in [-0.2, 0) is 9.53 Å². The van der Waals surface area contributed by atoms with Crippen molar-refractivity contribution < 1.29 is 27.6 Å². The van der Waals surface area contributed by atoms with Crippen molar-refractivity contribution >= 4 is 28.9 Å². The van der Waals surface area contributed by atoms with Crippen molar-refractivity contribution in [3.63, 3.8) is 0 Å². The second-order valence-corrected chi connectivity index (χ2v) is 8.51. The van der Waals surface area contributed by atoms with Crippen LogP contribution in [0.3, 0.4) is 0 Å². The molecule has 1 unspecified atom stereocenters. The molecule has 0 radical (unpaired) electrons. The molecule has 34 heavy (non-hydrogen) atoms. The quantitative estimate of drug-likeness (QED) is 0.362. The average Bonchev–Trinajstić information content (AvgIpc) is 3.63. The van der Waals surface area contributed by atoms with Crippen molar-refractivity contribution in [3.8, 4) is 10.6 Å². The molecule has 172 valence electrons. The molecule has 0 bridgehead atoms. The number of amides is 1. The van der Waals surface area contributed by atoms with Gasteiger partial charge in [0.25, 0.3) is 5.91 Å². The maximum absolute atomic E-state index is 13.2. The fourth-order valence-corrected chi connectivity index (χ4v) is 4.56. The van der Waals surface area contributed by atoms with Crippen LogP contribution < -0.4 is 0 Å². The van der Waals surface area contributed by atoms with Crippen molar-refractivity contribution in [1.82, 2.24) is 9.99 Å². The molecule has 0 spiro atoms. The van der Waals surface area contributed by atoms with E-state index in [1.54, 1.807) is 43.3 Å². The molecular weight excluding hydrogens is 461 g/mol. The van der Waals surface area contributed by atoms with Crippen LogP contribution in [0.1, 0.15) is 39.3 Å². The standard InChI is InChI=1S/C24H18FN3O5S/c1-14-22(34-23(26-14)15-6-8-16(25)9-7-15)24(30)33-13-21(29)28-18(20-5-3-11-32-20)12-17(27-28)19-4-2-10-31-19/h2-11,18H,12-13H2,1H3. The molecule has 8 nitrogen and oxygen atoms in total. The molecule has 1 aliphatic rings. The van der Waals surface area contributed by atoms with Gasteiger partial charge < -0.3 is 13.6 Å². The van der Waals surface area contributed by atoms with Gasteiger partial charge in [-0.1, -0.05) is 0 Å². The van der Waals surface area contributed by atoms with Crippen molar-refractivity contribution in [2.75, 3.05) is 6.61 Å². The number of carbonyl (C=O) groups is 2. The minimum atomic E-state index is -0.666. The second kappa shape index (κ2) is 9.06. The van der Waals surface area contributed by atoms with E-state index in [0.29, 0.717) is 39.9 Å². The molecule has 1 aromatic carbocycles. The normalized spacial score (nSPS) is 15.4. The van der Waals surface area contributed by atoms with E-state index in [1.807, 2.05) is 0 Å². The van der Waals surface area contributed by atoms with Crippen LogP contribution in [0.5, 0.6) is 0 Å². The highest BCUT2D eigenvalue weighted by atomic mass is 32.1. The number of hydrogen-bond acceptors (Lipinski definition) is 8. The highest BCUT2D eigenvalue weighted by molar-refractivity contribution is 7.17. The van der Waals surface area contributed by atoms with Crippen LogP contribution in [0, 0.1) is 12.7 Å². The number of thiazole rings is 1. The smallest absolute Gasteiger partial charge is 0.350 e. The topological polar surface area (TPSA) is 98.1 Å². The van der Waals surface area contributed by atoms with Crippen LogP contribution in [0.4, 0.5) is 4.39 Å². The number of furan rings is 2. The zero-order valence-electron chi connectivity index (χ0n) is 17.9. The maximum atomic E-state index is 13.2. The third-order valence-corrected chi connectivity index (χ3v) is 6.43. The molecule has 1 aliphatic heterocycles. The van der Waals surface area contributed by atoms with Gasteiger partial charge >= 0.3 is 5.97 Å². The second-order valence-electron chi connectivity index (χ2n) is 7.51. The Bertz CT molecular complexity index is 1340. The predicted molar refractivity (Wildman–Crippen MR) is 121 cm³/mol. The number of esters is 1. The highest BCUT2D eigenvalue weighted by Crippen LogP contribution is 2.33. The predicted octanol–water partition coefficient (Wildman–Crippen LogP) is 4.98. The molecule has 0 saturated heterocycles. The third-order valence-electron chi connectivity index (χ3n) is 5.24. The molecule has 0 aliphatic carbocycles. The molecule has 0 saturated carbocycles. The van der Waals surface area contributed by atoms with E-state index in [2.05, 4.69) is 10.1 Å². The summed E-state index contributed by atoms with van der Waals surface area (Å²) in [6, 6.07) is 12.3. The van der Waals surface area contributed by atoms with Gasteiger partial charge in [-0.15, -0.1) is 11.3 Å². The van der Waals surface area contributed by atoms with E-state index in [1.165, 1.54) is 29.7 Å². The van der Waals surface area contributed by atoms with E-state index in [0.717, 1.165) is 11.3 Å². The van der Waals surface area contributed by atoms with E-state index < -0.39 is 24.5 Å². The Morgan fingerprint density at radius 1 is 1.15 bits per heavy atom. The number of aromatic nitrogens is 1. The molecule has 0 fully saturated rings. The number of benzene rings is 1. The van der Waals surface area contributed by atoms with Gasteiger partial charge in [0.2, 0.25) is 0 Å². The van der Waals surface area contributed by atoms with Crippen LogP contribution >= 0.6 is 11.3 Å². The molecule has 0 N–H and O–H groups in total. The Hall–Kier alpha value is -4.05. The first kappa shape index (κ1) is 21.8. The van der Waals surface area contributed by atoms with Gasteiger partial charge in [-0.25, -0.2) is 19.2 Å². The first-order chi connectivity index (χ1) is 16.5. The summed E-state index contributed by atoms with van der Waals surface area (Å²) in [6.07, 6.45) is 3.45. The van der Waals surface area contributed by atoms with E-state index in [4.69, 9.17) is 13.6 Å². The number of hydrazone groups is 1. The van der Waals surface area contributed by atoms with Crippen LogP contribution in [0.25, 0.3) is 10.6 Å². The summed E-state index contributed by atoms with van der Waals surface area (Å²) in [4.78, 5) is 30.3. The fraction of sp³-hybridized carbons (Fsp3) is 0.167. The molecule has 4 aromatic rings. The molecule has 4 heterocycles. The number of halogens is 1. The Morgan fingerprint density at radius 2 is 1.91 bits per heavy atom. The van der Waals surface area contributed by atoms with Crippen molar-refractivity contribution in [3.05, 3.63) is 89.0 Å². The molecule has 5 rings (SSSR count). The fourth-order valence-electron chi connectivity index (χ4n) is 3.60. The summed E-state index contributed by atoms with van der Waals surface area (Å²) < 4.78 is 29.4. The zero-order valence-corrected chi connectivity index (χ0v) is 18.8. The number of hydrogen-bond donors (Lipinski definition) is 0. The minimum Gasteiger partial charge on any atom is -0.467 e. The lowest BCUT2D eigenvalue weighted by atomic mass is 10.1. The maximum Gasteiger partial charge on any atom is 0.350 e. The molecule has 3 aromatic heterocycles. The van der Waals surface area contributed by atoms with Crippen LogP contribution in [0.15, 0.2) is 75.0 Å². The number of ether oxygens (including phenoxy) is 1. The summed E-state index contributed by atoms with van der Waals surface area (Å²) in [5, 5.41) is 6.22. The van der Waals surface area contributed by atoms with Gasteiger partial charge in [-0.05, 0) is 55.5 Å². The van der Waals surface area contributed by atoms with Gasteiger partial charge in [-0.3, -0.25) is 4.79 Å². The van der Waals surface area contributed by atoms with Gasteiger partial charge in [0.05, 0.1) is 18.2 Å². The lowest BCUT2D eigenvalue weighted by Crippen LogP contribution is -2.31. The first-order valence-corrected chi connectivity index (χ1v) is 11.2. The van der Waals surface area contributed by atoms with E-state index >= 15 is 0 Å². The Morgan fingerprint density at radius 3 is 2.62 bits per heavy atom.